The molecule has 3 heterocycles. The molecule has 0 saturated carbocycles. The van der Waals surface area contributed by atoms with E-state index in [1.165, 1.54) is 28.9 Å². The summed E-state index contributed by atoms with van der Waals surface area (Å²) in [4.78, 5) is 20.8. The van der Waals surface area contributed by atoms with E-state index < -0.39 is 31.3 Å². The van der Waals surface area contributed by atoms with Crippen LogP contribution in [0.4, 0.5) is 23.2 Å². The molecule has 0 aliphatic carbocycles. The predicted octanol–water partition coefficient (Wildman–Crippen LogP) is 4.05. The number of imidazole rings is 1. The van der Waals surface area contributed by atoms with Gasteiger partial charge in [0.15, 0.2) is 0 Å². The molecule has 0 aliphatic heterocycles. The lowest BCUT2D eigenvalue weighted by Gasteiger charge is -2.10. The minimum atomic E-state index is -2.94. The van der Waals surface area contributed by atoms with E-state index in [1.54, 1.807) is 25.1 Å². The highest BCUT2D eigenvalue weighted by atomic mass is 19.3. The zero-order valence-corrected chi connectivity index (χ0v) is 17.0. The van der Waals surface area contributed by atoms with Gasteiger partial charge in [-0.3, -0.25) is 9.20 Å². The van der Waals surface area contributed by atoms with Crippen molar-refractivity contribution in [3.8, 4) is 11.4 Å². The van der Waals surface area contributed by atoms with Crippen LogP contribution in [-0.2, 0) is 6.42 Å². The number of fused-ring (bicyclic) bond motifs is 1. The molecule has 4 aromatic rings. The summed E-state index contributed by atoms with van der Waals surface area (Å²) in [6.45, 7) is 1.75. The number of carbonyl (C=O) groups excluding carboxylic acids is 1. The molecule has 33 heavy (non-hydrogen) atoms. The van der Waals surface area contributed by atoms with E-state index in [2.05, 4.69) is 20.4 Å². The lowest BCUT2D eigenvalue weighted by Crippen LogP contribution is -2.20. The Hall–Kier alpha value is -3.80. The van der Waals surface area contributed by atoms with Gasteiger partial charge in [-0.25, -0.2) is 22.5 Å². The van der Waals surface area contributed by atoms with E-state index in [-0.39, 0.29) is 28.6 Å². The molecule has 12 heteroatoms. The van der Waals surface area contributed by atoms with Crippen LogP contribution in [0.15, 0.2) is 47.2 Å². The molecule has 3 aromatic heterocycles. The predicted molar refractivity (Wildman–Crippen MR) is 108 cm³/mol. The van der Waals surface area contributed by atoms with Gasteiger partial charge in [0, 0.05) is 23.0 Å². The Morgan fingerprint density at radius 2 is 2.00 bits per heavy atom. The summed E-state index contributed by atoms with van der Waals surface area (Å²) >= 11 is 0. The molecule has 4 rings (SSSR count). The second kappa shape index (κ2) is 8.98. The summed E-state index contributed by atoms with van der Waals surface area (Å²) in [5.74, 6) is -0.587. The molecular formula is C21H17F4N5O3. The third-order valence-corrected chi connectivity index (χ3v) is 4.91. The summed E-state index contributed by atoms with van der Waals surface area (Å²) < 4.78 is 57.1. The van der Waals surface area contributed by atoms with Crippen molar-refractivity contribution in [2.45, 2.75) is 32.3 Å². The van der Waals surface area contributed by atoms with Crippen molar-refractivity contribution in [3.05, 3.63) is 65.4 Å². The van der Waals surface area contributed by atoms with Crippen LogP contribution in [0.3, 0.4) is 0 Å². The highest BCUT2D eigenvalue weighted by molar-refractivity contribution is 6.04. The number of benzene rings is 1. The second-order valence-electron chi connectivity index (χ2n) is 7.23. The van der Waals surface area contributed by atoms with E-state index in [4.69, 9.17) is 4.52 Å². The molecule has 0 saturated heterocycles. The van der Waals surface area contributed by atoms with E-state index in [1.807, 2.05) is 0 Å². The maximum absolute atomic E-state index is 12.9. The molecule has 0 bridgehead atoms. The summed E-state index contributed by atoms with van der Waals surface area (Å²) in [6.07, 6.45) is -5.40. The second-order valence-corrected chi connectivity index (χ2v) is 7.23. The van der Waals surface area contributed by atoms with Crippen LogP contribution >= 0.6 is 0 Å². The monoisotopic (exact) mass is 463 g/mol. The highest BCUT2D eigenvalue weighted by Gasteiger charge is 2.21. The number of amides is 1. The molecule has 1 aromatic carbocycles. The molecule has 0 spiro atoms. The van der Waals surface area contributed by atoms with Crippen molar-refractivity contribution in [2.75, 3.05) is 5.32 Å². The van der Waals surface area contributed by atoms with Crippen LogP contribution in [-0.4, -0.2) is 43.1 Å². The number of aromatic nitrogens is 4. The summed E-state index contributed by atoms with van der Waals surface area (Å²) in [5, 5.41) is 15.7. The Labute approximate surface area is 183 Å². The fourth-order valence-electron chi connectivity index (χ4n) is 3.11. The normalized spacial score (nSPS) is 12.6. The Morgan fingerprint density at radius 3 is 2.73 bits per heavy atom. The van der Waals surface area contributed by atoms with Crippen LogP contribution < -0.4 is 5.32 Å². The topological polar surface area (TPSA) is 106 Å². The first-order valence-electron chi connectivity index (χ1n) is 9.69. The summed E-state index contributed by atoms with van der Waals surface area (Å²) in [6, 6.07) is 7.33. The molecule has 0 unspecified atom stereocenters. The Morgan fingerprint density at radius 1 is 1.21 bits per heavy atom. The van der Waals surface area contributed by atoms with Gasteiger partial charge >= 0.3 is 0 Å². The van der Waals surface area contributed by atoms with Crippen molar-refractivity contribution in [1.29, 1.82) is 0 Å². The number of hydrogen-bond acceptors (Lipinski definition) is 6. The third-order valence-electron chi connectivity index (χ3n) is 4.91. The first kappa shape index (κ1) is 22.4. The fourth-order valence-corrected chi connectivity index (χ4v) is 3.11. The van der Waals surface area contributed by atoms with Crippen molar-refractivity contribution in [3.63, 3.8) is 0 Å². The smallest absolute Gasteiger partial charge is 0.274 e. The first-order valence-corrected chi connectivity index (χ1v) is 9.69. The minimum absolute atomic E-state index is 0.0938. The number of pyridine rings is 1. The number of aryl methyl sites for hydroxylation is 1. The standard InChI is InChI=1S/C21H17F4N5O3/c1-10-2-3-12(20-28-17(33-29-20)8-15(31)19(24)25)6-13(10)27-21(32)14-9-26-16-7-11(18(22)23)4-5-30(14)16/h2-7,9,15,18-19,31H,8H2,1H3,(H,27,32)/t15-/m1/s1. The quantitative estimate of drug-likeness (QED) is 0.401. The van der Waals surface area contributed by atoms with Crippen molar-refractivity contribution >= 4 is 17.2 Å². The molecule has 172 valence electrons. The van der Waals surface area contributed by atoms with Gasteiger partial charge in [0.05, 0.1) is 12.6 Å². The SMILES string of the molecule is Cc1ccc(-c2noc(C[C@@H](O)C(F)F)n2)cc1NC(=O)c1cnc2cc(C(F)F)ccn12. The van der Waals surface area contributed by atoms with Gasteiger partial charge < -0.3 is 14.9 Å². The molecule has 8 nitrogen and oxygen atoms in total. The largest absolute Gasteiger partial charge is 0.387 e. The van der Waals surface area contributed by atoms with Crippen molar-refractivity contribution in [2.24, 2.45) is 0 Å². The Kier molecular flexibility index (Phi) is 6.09. The minimum Gasteiger partial charge on any atom is -0.387 e. The highest BCUT2D eigenvalue weighted by Crippen LogP contribution is 2.25. The van der Waals surface area contributed by atoms with Gasteiger partial charge in [0.2, 0.25) is 11.7 Å². The van der Waals surface area contributed by atoms with Crippen molar-refractivity contribution < 1.29 is 32.0 Å². The van der Waals surface area contributed by atoms with E-state index in [0.29, 0.717) is 16.8 Å². The lowest BCUT2D eigenvalue weighted by molar-refractivity contribution is -0.00754. The van der Waals surface area contributed by atoms with Crippen LogP contribution in [0.25, 0.3) is 17.0 Å². The number of alkyl halides is 4. The van der Waals surface area contributed by atoms with Gasteiger partial charge in [0.1, 0.15) is 17.4 Å². The Balaban J connectivity index is 1.56. The lowest BCUT2D eigenvalue weighted by atomic mass is 10.1. The van der Waals surface area contributed by atoms with E-state index >= 15 is 0 Å². The van der Waals surface area contributed by atoms with Crippen molar-refractivity contribution in [1.82, 2.24) is 19.5 Å². The zero-order chi connectivity index (χ0) is 23.7. The Bertz CT molecular complexity index is 1300. The average Bonchev–Trinajstić information content (AvgIpc) is 3.41. The molecule has 0 radical (unpaired) electrons. The number of aliphatic hydroxyl groups excluding tert-OH is 1. The number of hydrogen-bond donors (Lipinski definition) is 2. The molecular weight excluding hydrogens is 446 g/mol. The number of nitrogens with zero attached hydrogens (tertiary/aromatic N) is 4. The molecule has 0 fully saturated rings. The number of halogens is 4. The average molecular weight is 463 g/mol. The summed E-state index contributed by atoms with van der Waals surface area (Å²) in [7, 11) is 0. The van der Waals surface area contributed by atoms with Crippen LogP contribution in [0.5, 0.6) is 0 Å². The maximum atomic E-state index is 12.9. The number of aliphatic hydroxyl groups is 1. The van der Waals surface area contributed by atoms with Gasteiger partial charge in [-0.05, 0) is 30.7 Å². The van der Waals surface area contributed by atoms with E-state index in [9.17, 15) is 27.5 Å². The maximum Gasteiger partial charge on any atom is 0.274 e. The number of anilines is 1. The van der Waals surface area contributed by atoms with Crippen LogP contribution in [0.2, 0.25) is 0 Å². The first-order chi connectivity index (χ1) is 15.7. The van der Waals surface area contributed by atoms with Gasteiger partial charge in [-0.1, -0.05) is 17.3 Å². The molecule has 2 N–H and O–H groups in total. The summed E-state index contributed by atoms with van der Waals surface area (Å²) in [5.41, 5.74) is 1.70. The third kappa shape index (κ3) is 4.70. The number of rotatable bonds is 7. The fraction of sp³-hybridized carbons (Fsp3) is 0.238. The van der Waals surface area contributed by atoms with Gasteiger partial charge in [-0.15, -0.1) is 0 Å². The van der Waals surface area contributed by atoms with Crippen LogP contribution in [0, 0.1) is 6.92 Å². The number of nitrogens with one attached hydrogen (secondary N) is 1. The van der Waals surface area contributed by atoms with E-state index in [0.717, 1.165) is 0 Å². The van der Waals surface area contributed by atoms with Crippen LogP contribution in [0.1, 0.15) is 33.9 Å². The number of carbonyl (C=O) groups is 1. The van der Waals surface area contributed by atoms with Gasteiger partial charge in [0.25, 0.3) is 18.8 Å². The zero-order valence-electron chi connectivity index (χ0n) is 17.0. The molecule has 1 amide bonds. The molecule has 0 aliphatic rings. The van der Waals surface area contributed by atoms with Gasteiger partial charge in [-0.2, -0.15) is 4.98 Å². The molecule has 1 atom stereocenters.